The summed E-state index contributed by atoms with van der Waals surface area (Å²) in [7, 11) is 0. The minimum absolute atomic E-state index is 0.808. The maximum absolute atomic E-state index is 4.25. The van der Waals surface area contributed by atoms with Gasteiger partial charge in [-0.25, -0.2) is 9.97 Å². The Labute approximate surface area is 120 Å². The van der Waals surface area contributed by atoms with E-state index < -0.39 is 0 Å². The maximum Gasteiger partial charge on any atom is 0.135 e. The number of rotatable bonds is 6. The molecule has 0 saturated heterocycles. The standard InChI is InChI=1S/C16H22N4/c1-4-5-8-17-15-10-16(19-11-18-15)20-14-7-6-12(2)13(3)9-14/h6-7,9-11H,4-5,8H2,1-3H3,(H2,17,18,19,20). The highest BCUT2D eigenvalue weighted by Gasteiger charge is 2.00. The van der Waals surface area contributed by atoms with Gasteiger partial charge in [0, 0.05) is 18.3 Å². The molecule has 0 saturated carbocycles. The molecule has 2 N–H and O–H groups in total. The molecule has 0 unspecified atom stereocenters. The second kappa shape index (κ2) is 6.89. The molecule has 0 amide bonds. The van der Waals surface area contributed by atoms with Crippen LogP contribution in [0.4, 0.5) is 17.3 Å². The van der Waals surface area contributed by atoms with E-state index in [2.05, 4.69) is 59.6 Å². The highest BCUT2D eigenvalue weighted by Crippen LogP contribution is 2.19. The van der Waals surface area contributed by atoms with Crippen LogP contribution in [0.5, 0.6) is 0 Å². The first-order chi connectivity index (χ1) is 9.69. The van der Waals surface area contributed by atoms with Gasteiger partial charge in [0.15, 0.2) is 0 Å². The summed E-state index contributed by atoms with van der Waals surface area (Å²) in [6.45, 7) is 7.34. The van der Waals surface area contributed by atoms with Crippen LogP contribution in [0.25, 0.3) is 0 Å². The van der Waals surface area contributed by atoms with Crippen LogP contribution in [0.2, 0.25) is 0 Å². The van der Waals surface area contributed by atoms with Crippen LogP contribution < -0.4 is 10.6 Å². The van der Waals surface area contributed by atoms with Gasteiger partial charge >= 0.3 is 0 Å². The molecular formula is C16H22N4. The monoisotopic (exact) mass is 270 g/mol. The zero-order chi connectivity index (χ0) is 14.4. The van der Waals surface area contributed by atoms with E-state index in [1.54, 1.807) is 6.33 Å². The molecule has 0 aliphatic heterocycles. The average Bonchev–Trinajstić information content (AvgIpc) is 2.44. The molecule has 0 atom stereocenters. The predicted molar refractivity (Wildman–Crippen MR) is 84.6 cm³/mol. The molecule has 4 nitrogen and oxygen atoms in total. The smallest absolute Gasteiger partial charge is 0.135 e. The first-order valence-corrected chi connectivity index (χ1v) is 7.09. The Morgan fingerprint density at radius 2 is 1.80 bits per heavy atom. The van der Waals surface area contributed by atoms with Crippen molar-refractivity contribution in [1.82, 2.24) is 9.97 Å². The van der Waals surface area contributed by atoms with Crippen molar-refractivity contribution in [2.75, 3.05) is 17.2 Å². The second-order valence-electron chi connectivity index (χ2n) is 4.99. The molecule has 2 rings (SSSR count). The van der Waals surface area contributed by atoms with Gasteiger partial charge in [-0.15, -0.1) is 0 Å². The Morgan fingerprint density at radius 3 is 2.55 bits per heavy atom. The lowest BCUT2D eigenvalue weighted by Gasteiger charge is -2.09. The molecule has 1 aromatic carbocycles. The largest absolute Gasteiger partial charge is 0.370 e. The van der Waals surface area contributed by atoms with Crippen molar-refractivity contribution in [3.05, 3.63) is 41.7 Å². The van der Waals surface area contributed by atoms with Gasteiger partial charge in [0.05, 0.1) is 0 Å². The Hall–Kier alpha value is -2.10. The van der Waals surface area contributed by atoms with Crippen molar-refractivity contribution in [2.45, 2.75) is 33.6 Å². The summed E-state index contributed by atoms with van der Waals surface area (Å²) in [6, 6.07) is 8.24. The van der Waals surface area contributed by atoms with Crippen molar-refractivity contribution in [2.24, 2.45) is 0 Å². The Balaban J connectivity index is 2.05. The minimum atomic E-state index is 0.808. The number of aromatic nitrogens is 2. The van der Waals surface area contributed by atoms with E-state index in [0.717, 1.165) is 30.3 Å². The third kappa shape index (κ3) is 3.95. The fourth-order valence-corrected chi connectivity index (χ4v) is 1.88. The molecule has 0 aliphatic carbocycles. The molecular weight excluding hydrogens is 248 g/mol. The van der Waals surface area contributed by atoms with E-state index in [-0.39, 0.29) is 0 Å². The van der Waals surface area contributed by atoms with Gasteiger partial charge < -0.3 is 10.6 Å². The molecule has 0 fully saturated rings. The highest BCUT2D eigenvalue weighted by molar-refractivity contribution is 5.60. The topological polar surface area (TPSA) is 49.8 Å². The zero-order valence-corrected chi connectivity index (χ0v) is 12.4. The molecule has 1 aromatic heterocycles. The number of anilines is 3. The van der Waals surface area contributed by atoms with Crippen LogP contribution in [-0.4, -0.2) is 16.5 Å². The Morgan fingerprint density at radius 1 is 1.00 bits per heavy atom. The van der Waals surface area contributed by atoms with Crippen LogP contribution >= 0.6 is 0 Å². The van der Waals surface area contributed by atoms with E-state index in [1.165, 1.54) is 17.5 Å². The fraction of sp³-hybridized carbons (Fsp3) is 0.375. The SMILES string of the molecule is CCCCNc1cc(Nc2ccc(C)c(C)c2)ncn1. The van der Waals surface area contributed by atoms with E-state index in [4.69, 9.17) is 0 Å². The number of nitrogens with zero attached hydrogens (tertiary/aromatic N) is 2. The third-order valence-electron chi connectivity index (χ3n) is 3.28. The predicted octanol–water partition coefficient (Wildman–Crippen LogP) is 4.05. The van der Waals surface area contributed by atoms with Crippen LogP contribution in [0.1, 0.15) is 30.9 Å². The van der Waals surface area contributed by atoms with Crippen molar-refractivity contribution < 1.29 is 0 Å². The summed E-state index contributed by atoms with van der Waals surface area (Å²) in [5.41, 5.74) is 3.61. The Kier molecular flexibility index (Phi) is 4.93. The molecule has 0 aliphatic rings. The minimum Gasteiger partial charge on any atom is -0.370 e. The van der Waals surface area contributed by atoms with Crippen LogP contribution in [0, 0.1) is 13.8 Å². The van der Waals surface area contributed by atoms with Crippen molar-refractivity contribution in [1.29, 1.82) is 0 Å². The normalized spacial score (nSPS) is 10.3. The van der Waals surface area contributed by atoms with Gasteiger partial charge in [-0.1, -0.05) is 19.4 Å². The number of benzene rings is 1. The van der Waals surface area contributed by atoms with Gasteiger partial charge in [-0.05, 0) is 43.5 Å². The number of hydrogen-bond acceptors (Lipinski definition) is 4. The molecule has 4 heteroatoms. The number of unbranched alkanes of at least 4 members (excludes halogenated alkanes) is 1. The van der Waals surface area contributed by atoms with Gasteiger partial charge in [0.25, 0.3) is 0 Å². The summed E-state index contributed by atoms with van der Waals surface area (Å²) in [6.07, 6.45) is 3.90. The summed E-state index contributed by atoms with van der Waals surface area (Å²) < 4.78 is 0. The first-order valence-electron chi connectivity index (χ1n) is 7.09. The lowest BCUT2D eigenvalue weighted by molar-refractivity contribution is 0.830. The zero-order valence-electron chi connectivity index (χ0n) is 12.4. The van der Waals surface area contributed by atoms with Crippen LogP contribution in [-0.2, 0) is 0 Å². The molecule has 0 bridgehead atoms. The fourth-order valence-electron chi connectivity index (χ4n) is 1.88. The van der Waals surface area contributed by atoms with Crippen LogP contribution in [0.15, 0.2) is 30.6 Å². The van der Waals surface area contributed by atoms with E-state index in [0.29, 0.717) is 0 Å². The molecule has 2 aromatic rings. The second-order valence-corrected chi connectivity index (χ2v) is 4.99. The number of aryl methyl sites for hydroxylation is 2. The van der Waals surface area contributed by atoms with Gasteiger partial charge in [0.1, 0.15) is 18.0 Å². The maximum atomic E-state index is 4.25. The van der Waals surface area contributed by atoms with E-state index in [9.17, 15) is 0 Å². The Bertz CT molecular complexity index is 566. The molecule has 1 heterocycles. The van der Waals surface area contributed by atoms with Gasteiger partial charge in [0.2, 0.25) is 0 Å². The van der Waals surface area contributed by atoms with E-state index in [1.807, 2.05) is 6.07 Å². The average molecular weight is 270 g/mol. The summed E-state index contributed by atoms with van der Waals surface area (Å²) >= 11 is 0. The lowest BCUT2D eigenvalue weighted by Crippen LogP contribution is -2.04. The number of nitrogens with one attached hydrogen (secondary N) is 2. The van der Waals surface area contributed by atoms with Crippen LogP contribution in [0.3, 0.4) is 0 Å². The summed E-state index contributed by atoms with van der Waals surface area (Å²) in [5, 5.41) is 6.61. The summed E-state index contributed by atoms with van der Waals surface area (Å²) in [4.78, 5) is 8.48. The highest BCUT2D eigenvalue weighted by atomic mass is 15.1. The lowest BCUT2D eigenvalue weighted by atomic mass is 10.1. The first kappa shape index (κ1) is 14.3. The molecule has 0 spiro atoms. The van der Waals surface area contributed by atoms with Crippen molar-refractivity contribution >= 4 is 17.3 Å². The molecule has 106 valence electrons. The molecule has 20 heavy (non-hydrogen) atoms. The van der Waals surface area contributed by atoms with Crippen molar-refractivity contribution in [3.8, 4) is 0 Å². The van der Waals surface area contributed by atoms with Gasteiger partial charge in [-0.3, -0.25) is 0 Å². The van der Waals surface area contributed by atoms with Gasteiger partial charge in [-0.2, -0.15) is 0 Å². The quantitative estimate of drug-likeness (QED) is 0.777. The van der Waals surface area contributed by atoms with Crippen molar-refractivity contribution in [3.63, 3.8) is 0 Å². The number of hydrogen-bond donors (Lipinski definition) is 2. The third-order valence-corrected chi connectivity index (χ3v) is 3.28. The molecule has 0 radical (unpaired) electrons. The van der Waals surface area contributed by atoms with E-state index >= 15 is 0 Å². The summed E-state index contributed by atoms with van der Waals surface area (Å²) in [5.74, 6) is 1.67.